The van der Waals surface area contributed by atoms with Crippen molar-refractivity contribution in [3.8, 4) is 44.5 Å². The molecule has 0 aliphatic heterocycles. The average molecular weight is 660 g/mol. The zero-order valence-electron chi connectivity index (χ0n) is 28.4. The van der Waals surface area contributed by atoms with Gasteiger partial charge in [-0.15, -0.1) is 0 Å². The SMILES string of the molecule is Nc1ccc(-c2ccccc2)cc1.Nc1ccc(-c2ccccc2)cc1.c1ccc(-c2ccc(Nc3ccc(-c4ccccc4)cc3)cc2)cc1. The lowest BCUT2D eigenvalue weighted by molar-refractivity contribution is 1.53. The molecule has 0 fully saturated rings. The van der Waals surface area contributed by atoms with Gasteiger partial charge in [0.1, 0.15) is 0 Å². The third-order valence-corrected chi connectivity index (χ3v) is 8.31. The van der Waals surface area contributed by atoms with Gasteiger partial charge in [0.25, 0.3) is 0 Å². The number of nitrogens with one attached hydrogen (secondary N) is 1. The molecule has 0 spiro atoms. The first-order valence-corrected chi connectivity index (χ1v) is 17.0. The Bertz CT molecular complexity index is 2000. The molecule has 0 saturated carbocycles. The summed E-state index contributed by atoms with van der Waals surface area (Å²) < 4.78 is 0. The van der Waals surface area contributed by atoms with Gasteiger partial charge in [0.15, 0.2) is 0 Å². The molecule has 8 aromatic rings. The minimum atomic E-state index is 0.805. The molecule has 0 saturated heterocycles. The van der Waals surface area contributed by atoms with Crippen molar-refractivity contribution in [1.82, 2.24) is 0 Å². The zero-order chi connectivity index (χ0) is 35.1. The minimum Gasteiger partial charge on any atom is -0.399 e. The van der Waals surface area contributed by atoms with Gasteiger partial charge >= 0.3 is 0 Å². The Morgan fingerprint density at radius 3 is 0.647 bits per heavy atom. The number of hydrogen-bond acceptors (Lipinski definition) is 3. The number of rotatable bonds is 6. The Morgan fingerprint density at radius 2 is 0.412 bits per heavy atom. The van der Waals surface area contributed by atoms with E-state index in [0.717, 1.165) is 22.7 Å². The number of hydrogen-bond donors (Lipinski definition) is 3. The molecule has 0 aromatic heterocycles. The summed E-state index contributed by atoms with van der Waals surface area (Å²) in [6.07, 6.45) is 0. The molecule has 0 bridgehead atoms. The Kier molecular flexibility index (Phi) is 11.7. The number of anilines is 4. The summed E-state index contributed by atoms with van der Waals surface area (Å²) >= 11 is 0. The molecule has 3 heteroatoms. The maximum atomic E-state index is 5.60. The molecule has 8 aromatic carbocycles. The van der Waals surface area contributed by atoms with Crippen LogP contribution in [0.15, 0.2) is 218 Å². The summed E-state index contributed by atoms with van der Waals surface area (Å²) in [4.78, 5) is 0. The van der Waals surface area contributed by atoms with Crippen molar-refractivity contribution in [2.45, 2.75) is 0 Å². The highest BCUT2D eigenvalue weighted by Crippen LogP contribution is 2.26. The van der Waals surface area contributed by atoms with Crippen molar-refractivity contribution in [3.05, 3.63) is 218 Å². The predicted molar refractivity (Wildman–Crippen MR) is 220 cm³/mol. The van der Waals surface area contributed by atoms with Gasteiger partial charge in [0.2, 0.25) is 0 Å². The van der Waals surface area contributed by atoms with E-state index in [1.165, 1.54) is 44.5 Å². The van der Waals surface area contributed by atoms with E-state index in [2.05, 4.69) is 127 Å². The summed E-state index contributed by atoms with van der Waals surface area (Å²) in [6.45, 7) is 0. The highest BCUT2D eigenvalue weighted by atomic mass is 14.9. The lowest BCUT2D eigenvalue weighted by Gasteiger charge is -2.09. The lowest BCUT2D eigenvalue weighted by Crippen LogP contribution is -1.90. The van der Waals surface area contributed by atoms with E-state index in [-0.39, 0.29) is 0 Å². The number of benzene rings is 8. The molecule has 0 atom stereocenters. The van der Waals surface area contributed by atoms with Crippen LogP contribution in [-0.2, 0) is 0 Å². The van der Waals surface area contributed by atoms with Crippen LogP contribution in [0.25, 0.3) is 44.5 Å². The third-order valence-electron chi connectivity index (χ3n) is 8.31. The van der Waals surface area contributed by atoms with Crippen LogP contribution in [-0.4, -0.2) is 0 Å². The molecule has 0 amide bonds. The standard InChI is InChI=1S/C24H19N.2C12H11N/c1-3-7-19(8-4-1)21-11-15-23(16-12-21)25-24-17-13-22(14-18-24)20-9-5-2-6-10-20;2*13-12-8-6-11(7-9-12)10-4-2-1-3-5-10/h1-18,25H;2*1-9H,13H2. The van der Waals surface area contributed by atoms with Crippen LogP contribution >= 0.6 is 0 Å². The molecule has 3 nitrogen and oxygen atoms in total. The van der Waals surface area contributed by atoms with E-state index in [0.29, 0.717) is 0 Å². The van der Waals surface area contributed by atoms with Gasteiger partial charge in [0, 0.05) is 22.7 Å². The molecular weight excluding hydrogens is 619 g/mol. The van der Waals surface area contributed by atoms with E-state index in [1.54, 1.807) is 0 Å². The summed E-state index contributed by atoms with van der Waals surface area (Å²) in [5, 5.41) is 3.46. The van der Waals surface area contributed by atoms with Crippen LogP contribution in [0.4, 0.5) is 22.7 Å². The molecule has 0 unspecified atom stereocenters. The van der Waals surface area contributed by atoms with E-state index in [1.807, 2.05) is 97.1 Å². The van der Waals surface area contributed by atoms with Crippen molar-refractivity contribution in [2.75, 3.05) is 16.8 Å². The molecule has 0 radical (unpaired) electrons. The van der Waals surface area contributed by atoms with Gasteiger partial charge in [-0.2, -0.15) is 0 Å². The van der Waals surface area contributed by atoms with Crippen molar-refractivity contribution >= 4 is 22.7 Å². The second kappa shape index (κ2) is 17.5. The monoisotopic (exact) mass is 659 g/mol. The maximum absolute atomic E-state index is 5.60. The first kappa shape index (κ1) is 34.0. The molecule has 248 valence electrons. The fourth-order valence-corrected chi connectivity index (χ4v) is 5.53. The van der Waals surface area contributed by atoms with Crippen LogP contribution in [0.2, 0.25) is 0 Å². The van der Waals surface area contributed by atoms with Crippen molar-refractivity contribution in [1.29, 1.82) is 0 Å². The highest BCUT2D eigenvalue weighted by Gasteiger charge is 2.01. The van der Waals surface area contributed by atoms with Gasteiger partial charge in [-0.05, 0) is 93.0 Å². The van der Waals surface area contributed by atoms with Crippen molar-refractivity contribution < 1.29 is 0 Å². The van der Waals surface area contributed by atoms with Crippen LogP contribution < -0.4 is 16.8 Å². The smallest absolute Gasteiger partial charge is 0.0384 e. The van der Waals surface area contributed by atoms with Gasteiger partial charge in [-0.1, -0.05) is 170 Å². The lowest BCUT2D eigenvalue weighted by atomic mass is 10.0. The van der Waals surface area contributed by atoms with Crippen molar-refractivity contribution in [2.24, 2.45) is 0 Å². The fraction of sp³-hybridized carbons (Fsp3) is 0. The Hall–Kier alpha value is -6.84. The Labute approximate surface area is 301 Å². The van der Waals surface area contributed by atoms with Crippen LogP contribution in [0.5, 0.6) is 0 Å². The first-order valence-electron chi connectivity index (χ1n) is 17.0. The second-order valence-electron chi connectivity index (χ2n) is 12.0. The Morgan fingerprint density at radius 1 is 0.216 bits per heavy atom. The van der Waals surface area contributed by atoms with E-state index < -0.39 is 0 Å². The second-order valence-corrected chi connectivity index (χ2v) is 12.0. The van der Waals surface area contributed by atoms with Crippen LogP contribution in [0.3, 0.4) is 0 Å². The quantitative estimate of drug-likeness (QED) is 0.156. The largest absolute Gasteiger partial charge is 0.399 e. The predicted octanol–water partition coefficient (Wildman–Crippen LogP) is 12.6. The molecule has 5 N–H and O–H groups in total. The topological polar surface area (TPSA) is 64.1 Å². The molecule has 0 heterocycles. The van der Waals surface area contributed by atoms with Gasteiger partial charge in [-0.25, -0.2) is 0 Å². The minimum absolute atomic E-state index is 0.805. The number of nitrogens with two attached hydrogens (primary N) is 2. The summed E-state index contributed by atoms with van der Waals surface area (Å²) in [5.74, 6) is 0. The van der Waals surface area contributed by atoms with E-state index >= 15 is 0 Å². The highest BCUT2D eigenvalue weighted by molar-refractivity contribution is 5.71. The summed E-state index contributed by atoms with van der Waals surface area (Å²) in [5.41, 5.74) is 24.8. The molecular formula is C48H41N3. The van der Waals surface area contributed by atoms with Crippen LogP contribution in [0, 0.1) is 0 Å². The zero-order valence-corrected chi connectivity index (χ0v) is 28.4. The van der Waals surface area contributed by atoms with Gasteiger partial charge < -0.3 is 16.8 Å². The first-order chi connectivity index (χ1) is 25.1. The normalized spacial score (nSPS) is 10.1. The van der Waals surface area contributed by atoms with E-state index in [9.17, 15) is 0 Å². The van der Waals surface area contributed by atoms with Gasteiger partial charge in [0.05, 0.1) is 0 Å². The fourth-order valence-electron chi connectivity index (χ4n) is 5.53. The van der Waals surface area contributed by atoms with E-state index in [4.69, 9.17) is 11.5 Å². The van der Waals surface area contributed by atoms with Crippen LogP contribution in [0.1, 0.15) is 0 Å². The summed E-state index contributed by atoms with van der Waals surface area (Å²) in [7, 11) is 0. The molecule has 51 heavy (non-hydrogen) atoms. The Balaban J connectivity index is 0.000000145. The molecule has 0 aliphatic rings. The van der Waals surface area contributed by atoms with Gasteiger partial charge in [-0.3, -0.25) is 0 Å². The summed E-state index contributed by atoms with van der Waals surface area (Å²) in [6, 6.07) is 74.3. The molecule has 0 aliphatic carbocycles. The van der Waals surface area contributed by atoms with Crippen molar-refractivity contribution in [3.63, 3.8) is 0 Å². The number of nitrogen functional groups attached to an aromatic ring is 2. The molecule has 8 rings (SSSR count). The average Bonchev–Trinajstić information content (AvgIpc) is 3.21. The maximum Gasteiger partial charge on any atom is 0.0384 e. The third kappa shape index (κ3) is 10.1.